The molecule has 0 aliphatic carbocycles. The van der Waals surface area contributed by atoms with Crippen LogP contribution in [0.3, 0.4) is 0 Å². The Morgan fingerprint density at radius 3 is 2.95 bits per heavy atom. The van der Waals surface area contributed by atoms with Gasteiger partial charge < -0.3 is 15.8 Å². The molecule has 2 aromatic rings. The van der Waals surface area contributed by atoms with Crippen LogP contribution in [0.25, 0.3) is 0 Å². The maximum Gasteiger partial charge on any atom is 0.228 e. The number of nitrogens with zero attached hydrogens (tertiary/aromatic N) is 3. The largest absolute Gasteiger partial charge is 0.493 e. The summed E-state index contributed by atoms with van der Waals surface area (Å²) in [5.74, 6) is 2.25. The standard InChI is InChI=1S/C13H15N5O/c1-8-15-12(14)18-13(16-8)17-10-6-7-19-11-5-3-2-4-9(10)11/h2-5,10H,6-7H2,1H3,(H3,14,15,16,17,18). The van der Waals surface area contributed by atoms with Crippen molar-refractivity contribution in [2.24, 2.45) is 0 Å². The number of aromatic nitrogens is 3. The molecule has 0 saturated carbocycles. The predicted octanol–water partition coefficient (Wildman–Crippen LogP) is 1.70. The molecule has 1 unspecified atom stereocenters. The lowest BCUT2D eigenvalue weighted by atomic mass is 10.0. The molecule has 1 aliphatic heterocycles. The molecule has 0 bridgehead atoms. The molecule has 0 fully saturated rings. The molecule has 3 rings (SSSR count). The zero-order valence-corrected chi connectivity index (χ0v) is 10.6. The van der Waals surface area contributed by atoms with Crippen molar-refractivity contribution in [1.29, 1.82) is 0 Å². The van der Waals surface area contributed by atoms with E-state index in [2.05, 4.69) is 20.3 Å². The number of nitrogens with one attached hydrogen (secondary N) is 1. The maximum absolute atomic E-state index is 5.63. The van der Waals surface area contributed by atoms with Crippen LogP contribution in [0.2, 0.25) is 0 Å². The van der Waals surface area contributed by atoms with E-state index in [0.717, 1.165) is 17.7 Å². The van der Waals surface area contributed by atoms with Gasteiger partial charge in [0.1, 0.15) is 11.6 Å². The monoisotopic (exact) mass is 257 g/mol. The van der Waals surface area contributed by atoms with Gasteiger partial charge in [-0.15, -0.1) is 0 Å². The van der Waals surface area contributed by atoms with Crippen LogP contribution < -0.4 is 15.8 Å². The highest BCUT2D eigenvalue weighted by Gasteiger charge is 2.21. The molecule has 1 aromatic carbocycles. The van der Waals surface area contributed by atoms with Gasteiger partial charge in [0.15, 0.2) is 0 Å². The average molecular weight is 257 g/mol. The lowest BCUT2D eigenvalue weighted by Crippen LogP contribution is -2.21. The summed E-state index contributed by atoms with van der Waals surface area (Å²) in [5, 5.41) is 3.30. The fraction of sp³-hybridized carbons (Fsp3) is 0.308. The Labute approximate surface area is 111 Å². The van der Waals surface area contributed by atoms with Crippen LogP contribution in [-0.4, -0.2) is 21.6 Å². The smallest absolute Gasteiger partial charge is 0.228 e. The Morgan fingerprint density at radius 1 is 1.26 bits per heavy atom. The van der Waals surface area contributed by atoms with Crippen molar-refractivity contribution in [3.8, 4) is 5.75 Å². The molecular formula is C13H15N5O. The molecule has 1 aromatic heterocycles. The van der Waals surface area contributed by atoms with Crippen LogP contribution >= 0.6 is 0 Å². The van der Waals surface area contributed by atoms with Gasteiger partial charge in [-0.1, -0.05) is 18.2 Å². The first-order valence-corrected chi connectivity index (χ1v) is 6.19. The van der Waals surface area contributed by atoms with Gasteiger partial charge in [0.05, 0.1) is 12.6 Å². The van der Waals surface area contributed by atoms with Crippen molar-refractivity contribution >= 4 is 11.9 Å². The van der Waals surface area contributed by atoms with Crippen molar-refractivity contribution in [3.63, 3.8) is 0 Å². The van der Waals surface area contributed by atoms with E-state index in [1.165, 1.54) is 0 Å². The van der Waals surface area contributed by atoms with Gasteiger partial charge in [-0.3, -0.25) is 0 Å². The summed E-state index contributed by atoms with van der Waals surface area (Å²) in [5.41, 5.74) is 6.75. The minimum atomic E-state index is 0.131. The summed E-state index contributed by atoms with van der Waals surface area (Å²) in [6.45, 7) is 2.47. The van der Waals surface area contributed by atoms with E-state index in [4.69, 9.17) is 10.5 Å². The highest BCUT2D eigenvalue weighted by Crippen LogP contribution is 2.33. The molecule has 98 valence electrons. The third kappa shape index (κ3) is 2.42. The summed E-state index contributed by atoms with van der Waals surface area (Å²) in [7, 11) is 0. The first kappa shape index (κ1) is 11.7. The van der Waals surface area contributed by atoms with Crippen molar-refractivity contribution < 1.29 is 4.74 Å². The Morgan fingerprint density at radius 2 is 2.11 bits per heavy atom. The van der Waals surface area contributed by atoms with E-state index in [9.17, 15) is 0 Å². The molecule has 6 nitrogen and oxygen atoms in total. The van der Waals surface area contributed by atoms with Gasteiger partial charge in [-0.25, -0.2) is 0 Å². The molecule has 0 saturated heterocycles. The molecule has 1 aliphatic rings. The van der Waals surface area contributed by atoms with Crippen LogP contribution in [0.15, 0.2) is 24.3 Å². The van der Waals surface area contributed by atoms with Crippen molar-refractivity contribution in [2.45, 2.75) is 19.4 Å². The van der Waals surface area contributed by atoms with Gasteiger partial charge in [0.25, 0.3) is 0 Å². The maximum atomic E-state index is 5.63. The number of nitrogen functional groups attached to an aromatic ring is 1. The number of para-hydroxylation sites is 1. The molecular weight excluding hydrogens is 242 g/mol. The van der Waals surface area contributed by atoms with E-state index >= 15 is 0 Å². The second-order valence-corrected chi connectivity index (χ2v) is 4.44. The Hall–Kier alpha value is -2.37. The first-order valence-electron chi connectivity index (χ1n) is 6.19. The Balaban J connectivity index is 1.88. The highest BCUT2D eigenvalue weighted by atomic mass is 16.5. The van der Waals surface area contributed by atoms with Crippen LogP contribution in [0, 0.1) is 6.92 Å². The lowest BCUT2D eigenvalue weighted by Gasteiger charge is -2.26. The number of aryl methyl sites for hydroxylation is 1. The number of nitrogens with two attached hydrogens (primary N) is 1. The second kappa shape index (κ2) is 4.72. The molecule has 2 heterocycles. The Kier molecular flexibility index (Phi) is 2.91. The Bertz CT molecular complexity index is 581. The topological polar surface area (TPSA) is 86.0 Å². The number of rotatable bonds is 2. The minimum absolute atomic E-state index is 0.131. The summed E-state index contributed by atoms with van der Waals surface area (Å²) >= 11 is 0. The zero-order chi connectivity index (χ0) is 13.2. The van der Waals surface area contributed by atoms with Crippen LogP contribution in [0.4, 0.5) is 11.9 Å². The van der Waals surface area contributed by atoms with Crippen LogP contribution in [0.1, 0.15) is 23.9 Å². The highest BCUT2D eigenvalue weighted by molar-refractivity contribution is 5.42. The first-order chi connectivity index (χ1) is 9.22. The second-order valence-electron chi connectivity index (χ2n) is 4.44. The molecule has 3 N–H and O–H groups in total. The fourth-order valence-corrected chi connectivity index (χ4v) is 2.21. The number of ether oxygens (including phenoxy) is 1. The van der Waals surface area contributed by atoms with E-state index in [1.807, 2.05) is 24.3 Å². The summed E-state index contributed by atoms with van der Waals surface area (Å²) in [6.07, 6.45) is 0.863. The molecule has 0 spiro atoms. The van der Waals surface area contributed by atoms with Crippen LogP contribution in [0.5, 0.6) is 5.75 Å². The molecule has 6 heteroatoms. The predicted molar refractivity (Wildman–Crippen MR) is 71.9 cm³/mol. The normalized spacial score (nSPS) is 17.4. The van der Waals surface area contributed by atoms with Crippen molar-refractivity contribution in [2.75, 3.05) is 17.7 Å². The fourth-order valence-electron chi connectivity index (χ4n) is 2.21. The quantitative estimate of drug-likeness (QED) is 0.851. The number of benzene rings is 1. The molecule has 0 radical (unpaired) electrons. The van der Waals surface area contributed by atoms with Gasteiger partial charge >= 0.3 is 0 Å². The van der Waals surface area contributed by atoms with Gasteiger partial charge in [-0.2, -0.15) is 15.0 Å². The summed E-state index contributed by atoms with van der Waals surface area (Å²) in [6, 6.07) is 8.10. The summed E-state index contributed by atoms with van der Waals surface area (Å²) in [4.78, 5) is 12.3. The van der Waals surface area contributed by atoms with E-state index in [1.54, 1.807) is 6.92 Å². The number of hydrogen-bond acceptors (Lipinski definition) is 6. The van der Waals surface area contributed by atoms with Crippen molar-refractivity contribution in [1.82, 2.24) is 15.0 Å². The minimum Gasteiger partial charge on any atom is -0.493 e. The lowest BCUT2D eigenvalue weighted by molar-refractivity contribution is 0.274. The van der Waals surface area contributed by atoms with Crippen LogP contribution in [-0.2, 0) is 0 Å². The zero-order valence-electron chi connectivity index (χ0n) is 10.6. The molecule has 1 atom stereocenters. The molecule has 0 amide bonds. The van der Waals surface area contributed by atoms with Gasteiger partial charge in [0, 0.05) is 12.0 Å². The molecule has 19 heavy (non-hydrogen) atoms. The van der Waals surface area contributed by atoms with Gasteiger partial charge in [-0.05, 0) is 13.0 Å². The van der Waals surface area contributed by atoms with Crippen molar-refractivity contribution in [3.05, 3.63) is 35.7 Å². The SMILES string of the molecule is Cc1nc(N)nc(NC2CCOc3ccccc32)n1. The number of hydrogen-bond donors (Lipinski definition) is 2. The third-order valence-corrected chi connectivity index (χ3v) is 3.03. The van der Waals surface area contributed by atoms with E-state index in [-0.39, 0.29) is 12.0 Å². The number of fused-ring (bicyclic) bond motifs is 1. The van der Waals surface area contributed by atoms with Gasteiger partial charge in [0.2, 0.25) is 11.9 Å². The summed E-state index contributed by atoms with van der Waals surface area (Å²) < 4.78 is 5.62. The third-order valence-electron chi connectivity index (χ3n) is 3.03. The van der Waals surface area contributed by atoms with E-state index in [0.29, 0.717) is 18.4 Å². The average Bonchev–Trinajstić information content (AvgIpc) is 2.38. The number of anilines is 2. The van der Waals surface area contributed by atoms with E-state index < -0.39 is 0 Å².